The summed E-state index contributed by atoms with van der Waals surface area (Å²) in [5.74, 6) is 0. The summed E-state index contributed by atoms with van der Waals surface area (Å²) in [4.78, 5) is 0. The first-order valence-electron chi connectivity index (χ1n) is 9.09. The molecule has 0 aliphatic heterocycles. The minimum Gasteiger partial charge on any atom is -0.287 e. The first-order valence-corrected chi connectivity index (χ1v) is 9.09. The van der Waals surface area contributed by atoms with Crippen LogP contribution in [0.1, 0.15) is 28.8 Å². The normalized spacial score (nSPS) is 12.0. The van der Waals surface area contributed by atoms with Gasteiger partial charge in [-0.2, -0.15) is 5.26 Å². The average Bonchev–Trinajstić information content (AvgIpc) is 2.75. The topological polar surface area (TPSA) is 35.8 Å². The Morgan fingerprint density at radius 2 is 1.15 bits per heavy atom. The van der Waals surface area contributed by atoms with E-state index in [1.54, 1.807) is 0 Å². The molecule has 4 aromatic rings. The van der Waals surface area contributed by atoms with Gasteiger partial charge in [-0.05, 0) is 33.5 Å². The Kier molecular flexibility index (Phi) is 4.96. The van der Waals surface area contributed by atoms with Crippen LogP contribution in [0.4, 0.5) is 0 Å². The molecule has 2 nitrogen and oxygen atoms in total. The van der Waals surface area contributed by atoms with Crippen LogP contribution in [0, 0.1) is 11.3 Å². The Hall–Kier alpha value is -3.41. The van der Waals surface area contributed by atoms with Gasteiger partial charge in [0.05, 0.1) is 12.1 Å². The first-order chi connectivity index (χ1) is 13.3. The van der Waals surface area contributed by atoms with E-state index < -0.39 is 6.04 Å². The highest BCUT2D eigenvalue weighted by Crippen LogP contribution is 2.27. The van der Waals surface area contributed by atoms with Gasteiger partial charge in [0.25, 0.3) is 0 Å². The molecule has 0 saturated heterocycles. The Bertz CT molecular complexity index is 1030. The van der Waals surface area contributed by atoms with Crippen molar-refractivity contribution in [2.24, 2.45) is 0 Å². The zero-order chi connectivity index (χ0) is 18.5. The third-order valence-corrected chi connectivity index (χ3v) is 4.84. The molecule has 1 N–H and O–H groups in total. The van der Waals surface area contributed by atoms with Crippen LogP contribution in [0.5, 0.6) is 0 Å². The molecule has 130 valence electrons. The third kappa shape index (κ3) is 3.74. The fraction of sp³-hybridized carbons (Fsp3) is 0.0800. The Labute approximate surface area is 159 Å². The lowest BCUT2D eigenvalue weighted by atomic mass is 9.96. The lowest BCUT2D eigenvalue weighted by Crippen LogP contribution is -2.26. The molecule has 27 heavy (non-hydrogen) atoms. The molecule has 0 aliphatic carbocycles. The van der Waals surface area contributed by atoms with Crippen LogP contribution in [0.3, 0.4) is 0 Å². The van der Waals surface area contributed by atoms with Gasteiger partial charge in [-0.3, -0.25) is 5.32 Å². The van der Waals surface area contributed by atoms with Crippen molar-refractivity contribution in [1.29, 1.82) is 5.26 Å². The molecule has 4 aromatic carbocycles. The predicted octanol–water partition coefficient (Wildman–Crippen LogP) is 5.78. The smallest absolute Gasteiger partial charge is 0.122 e. The first kappa shape index (κ1) is 17.0. The standard InChI is InChI=1S/C25H20N2/c26-18-24(23-16-15-19-9-7-8-14-22(19)17-23)27-25(20-10-3-1-4-11-20)21-12-5-2-6-13-21/h1-17,24-25,27H/t24-/m0/s1. The molecule has 0 bridgehead atoms. The van der Waals surface area contributed by atoms with Crippen molar-refractivity contribution >= 4 is 10.8 Å². The molecule has 0 amide bonds. The Morgan fingerprint density at radius 1 is 0.593 bits per heavy atom. The molecule has 2 heteroatoms. The summed E-state index contributed by atoms with van der Waals surface area (Å²) in [6.07, 6.45) is 0. The van der Waals surface area contributed by atoms with E-state index in [1.807, 2.05) is 54.6 Å². The minimum absolute atomic E-state index is 0.0523. The SMILES string of the molecule is N#C[C@H](NC(c1ccccc1)c1ccccc1)c1ccc2ccccc2c1. The molecule has 4 rings (SSSR count). The number of hydrogen-bond acceptors (Lipinski definition) is 2. The fourth-order valence-electron chi connectivity index (χ4n) is 3.44. The molecule has 0 radical (unpaired) electrons. The molecule has 0 aromatic heterocycles. The number of rotatable bonds is 5. The average molecular weight is 348 g/mol. The quantitative estimate of drug-likeness (QED) is 0.496. The molecule has 0 saturated carbocycles. The fourth-order valence-corrected chi connectivity index (χ4v) is 3.44. The van der Waals surface area contributed by atoms with E-state index in [0.717, 1.165) is 22.1 Å². The van der Waals surface area contributed by atoms with Crippen LogP contribution in [0.15, 0.2) is 103 Å². The maximum absolute atomic E-state index is 9.88. The molecule has 0 heterocycles. The summed E-state index contributed by atoms with van der Waals surface area (Å²) < 4.78 is 0. The minimum atomic E-state index is -0.403. The van der Waals surface area contributed by atoms with Gasteiger partial charge in [-0.25, -0.2) is 0 Å². The summed E-state index contributed by atoms with van der Waals surface area (Å²) >= 11 is 0. The maximum Gasteiger partial charge on any atom is 0.122 e. The Balaban J connectivity index is 1.71. The lowest BCUT2D eigenvalue weighted by Gasteiger charge is -2.23. The zero-order valence-electron chi connectivity index (χ0n) is 14.9. The van der Waals surface area contributed by atoms with Gasteiger partial charge in [0.1, 0.15) is 6.04 Å². The highest BCUT2D eigenvalue weighted by atomic mass is 15.0. The van der Waals surface area contributed by atoms with Crippen molar-refractivity contribution in [3.63, 3.8) is 0 Å². The largest absolute Gasteiger partial charge is 0.287 e. The van der Waals surface area contributed by atoms with Gasteiger partial charge in [0.2, 0.25) is 0 Å². The summed E-state index contributed by atoms with van der Waals surface area (Å²) in [6, 6.07) is 37.0. The van der Waals surface area contributed by atoms with Gasteiger partial charge < -0.3 is 0 Å². The van der Waals surface area contributed by atoms with Crippen molar-refractivity contribution < 1.29 is 0 Å². The van der Waals surface area contributed by atoms with Crippen molar-refractivity contribution in [2.45, 2.75) is 12.1 Å². The second kappa shape index (κ2) is 7.86. The van der Waals surface area contributed by atoms with Crippen molar-refractivity contribution in [1.82, 2.24) is 5.32 Å². The zero-order valence-corrected chi connectivity index (χ0v) is 14.9. The highest BCUT2D eigenvalue weighted by Gasteiger charge is 2.20. The van der Waals surface area contributed by atoms with Crippen LogP contribution in [-0.2, 0) is 0 Å². The van der Waals surface area contributed by atoms with E-state index in [2.05, 4.69) is 59.9 Å². The summed E-state index contributed by atoms with van der Waals surface area (Å²) in [5.41, 5.74) is 3.27. The molecule has 0 unspecified atom stereocenters. The van der Waals surface area contributed by atoms with E-state index in [4.69, 9.17) is 0 Å². The number of hydrogen-bond donors (Lipinski definition) is 1. The van der Waals surface area contributed by atoms with E-state index in [1.165, 1.54) is 5.39 Å². The second-order valence-electron chi connectivity index (χ2n) is 6.59. The van der Waals surface area contributed by atoms with E-state index in [9.17, 15) is 5.26 Å². The number of fused-ring (bicyclic) bond motifs is 1. The number of benzene rings is 4. The molecule has 0 spiro atoms. The van der Waals surface area contributed by atoms with E-state index in [-0.39, 0.29) is 6.04 Å². The van der Waals surface area contributed by atoms with Gasteiger partial charge >= 0.3 is 0 Å². The summed E-state index contributed by atoms with van der Waals surface area (Å²) in [7, 11) is 0. The van der Waals surface area contributed by atoms with Crippen LogP contribution >= 0.6 is 0 Å². The summed E-state index contributed by atoms with van der Waals surface area (Å²) in [6.45, 7) is 0. The van der Waals surface area contributed by atoms with Crippen molar-refractivity contribution in [3.05, 3.63) is 120 Å². The van der Waals surface area contributed by atoms with Gasteiger partial charge in [0, 0.05) is 0 Å². The lowest BCUT2D eigenvalue weighted by molar-refractivity contribution is 0.559. The van der Waals surface area contributed by atoms with Gasteiger partial charge in [0.15, 0.2) is 0 Å². The maximum atomic E-state index is 9.88. The number of nitrogens with zero attached hydrogens (tertiary/aromatic N) is 1. The molecular formula is C25H20N2. The molecule has 0 fully saturated rings. The Morgan fingerprint density at radius 3 is 1.74 bits per heavy atom. The van der Waals surface area contributed by atoms with E-state index in [0.29, 0.717) is 0 Å². The van der Waals surface area contributed by atoms with Crippen molar-refractivity contribution in [3.8, 4) is 6.07 Å². The van der Waals surface area contributed by atoms with Crippen LogP contribution < -0.4 is 5.32 Å². The third-order valence-electron chi connectivity index (χ3n) is 4.84. The van der Waals surface area contributed by atoms with Crippen LogP contribution in [0.25, 0.3) is 10.8 Å². The molecular weight excluding hydrogens is 328 g/mol. The van der Waals surface area contributed by atoms with E-state index >= 15 is 0 Å². The number of nitrogens with one attached hydrogen (secondary N) is 1. The summed E-state index contributed by atoms with van der Waals surface area (Å²) in [5, 5.41) is 15.8. The predicted molar refractivity (Wildman–Crippen MR) is 110 cm³/mol. The van der Waals surface area contributed by atoms with Gasteiger partial charge in [-0.1, -0.05) is 97.1 Å². The molecule has 1 atom stereocenters. The molecule has 0 aliphatic rings. The van der Waals surface area contributed by atoms with Crippen LogP contribution in [0.2, 0.25) is 0 Å². The van der Waals surface area contributed by atoms with Gasteiger partial charge in [-0.15, -0.1) is 0 Å². The monoisotopic (exact) mass is 348 g/mol. The van der Waals surface area contributed by atoms with Crippen molar-refractivity contribution in [2.75, 3.05) is 0 Å². The second-order valence-corrected chi connectivity index (χ2v) is 6.59. The van der Waals surface area contributed by atoms with Crippen LogP contribution in [-0.4, -0.2) is 0 Å². The highest BCUT2D eigenvalue weighted by molar-refractivity contribution is 5.83. The number of nitriles is 1.